The highest BCUT2D eigenvalue weighted by Crippen LogP contribution is 2.25. The molecule has 1 fully saturated rings. The topological polar surface area (TPSA) is 49.3 Å². The molecule has 1 heterocycles. The Morgan fingerprint density at radius 3 is 2.88 bits per heavy atom. The van der Waals surface area contributed by atoms with Crippen molar-refractivity contribution in [2.45, 2.75) is 31.2 Å². The number of carbonyl (C=O) groups is 1. The Morgan fingerprint density at radius 2 is 2.29 bits per heavy atom. The molecule has 4 heteroatoms. The standard InChI is InChI=1S/C13H16BrNO2/c14-11-5-3-4-10(8-11)9-13(12(16)17)6-1-2-7-15-13/h3-5,8,15H,1-2,6-7,9H2,(H,16,17). The average Bonchev–Trinajstić information content (AvgIpc) is 2.30. The highest BCUT2D eigenvalue weighted by Gasteiger charge is 2.39. The van der Waals surface area contributed by atoms with Crippen molar-refractivity contribution in [3.8, 4) is 0 Å². The largest absolute Gasteiger partial charge is 0.480 e. The number of aliphatic carboxylic acids is 1. The molecule has 17 heavy (non-hydrogen) atoms. The lowest BCUT2D eigenvalue weighted by Gasteiger charge is -2.34. The van der Waals surface area contributed by atoms with E-state index >= 15 is 0 Å². The summed E-state index contributed by atoms with van der Waals surface area (Å²) in [5.74, 6) is -0.739. The molecule has 2 rings (SSSR count). The van der Waals surface area contributed by atoms with E-state index in [1.54, 1.807) is 0 Å². The van der Waals surface area contributed by atoms with Crippen LogP contribution in [0.4, 0.5) is 0 Å². The second-order valence-corrected chi connectivity index (χ2v) is 5.49. The Balaban J connectivity index is 2.20. The van der Waals surface area contributed by atoms with Crippen molar-refractivity contribution in [2.75, 3.05) is 6.54 Å². The van der Waals surface area contributed by atoms with Crippen LogP contribution in [0.15, 0.2) is 28.7 Å². The van der Waals surface area contributed by atoms with E-state index in [0.29, 0.717) is 12.8 Å². The molecule has 0 amide bonds. The molecule has 0 bridgehead atoms. The summed E-state index contributed by atoms with van der Waals surface area (Å²) in [5.41, 5.74) is 0.273. The first-order chi connectivity index (χ1) is 8.12. The van der Waals surface area contributed by atoms with Crippen LogP contribution in [0, 0.1) is 0 Å². The smallest absolute Gasteiger partial charge is 0.324 e. The summed E-state index contributed by atoms with van der Waals surface area (Å²) in [6, 6.07) is 7.86. The van der Waals surface area contributed by atoms with Crippen molar-refractivity contribution >= 4 is 21.9 Å². The van der Waals surface area contributed by atoms with E-state index in [1.165, 1.54) is 0 Å². The summed E-state index contributed by atoms with van der Waals surface area (Å²) >= 11 is 3.41. The fourth-order valence-electron chi connectivity index (χ4n) is 2.37. The number of nitrogens with one attached hydrogen (secondary N) is 1. The Bertz CT molecular complexity index is 414. The van der Waals surface area contributed by atoms with Crippen LogP contribution in [0.3, 0.4) is 0 Å². The molecular formula is C13H16BrNO2. The minimum Gasteiger partial charge on any atom is -0.480 e. The number of benzene rings is 1. The molecule has 1 aliphatic rings. The third-order valence-electron chi connectivity index (χ3n) is 3.30. The van der Waals surface area contributed by atoms with Crippen LogP contribution in [-0.4, -0.2) is 23.2 Å². The minimum absolute atomic E-state index is 0.543. The number of piperidine rings is 1. The van der Waals surface area contributed by atoms with Crippen molar-refractivity contribution in [1.82, 2.24) is 5.32 Å². The average molecular weight is 298 g/mol. The molecule has 92 valence electrons. The highest BCUT2D eigenvalue weighted by atomic mass is 79.9. The van der Waals surface area contributed by atoms with Crippen LogP contribution < -0.4 is 5.32 Å². The first-order valence-corrected chi connectivity index (χ1v) is 6.65. The zero-order chi connectivity index (χ0) is 12.3. The van der Waals surface area contributed by atoms with E-state index < -0.39 is 11.5 Å². The number of halogens is 1. The van der Waals surface area contributed by atoms with Crippen molar-refractivity contribution in [3.05, 3.63) is 34.3 Å². The van der Waals surface area contributed by atoms with Crippen LogP contribution in [0.2, 0.25) is 0 Å². The highest BCUT2D eigenvalue weighted by molar-refractivity contribution is 9.10. The molecule has 0 aromatic heterocycles. The molecule has 0 aliphatic carbocycles. The molecule has 0 saturated carbocycles. The van der Waals surface area contributed by atoms with Crippen LogP contribution >= 0.6 is 15.9 Å². The summed E-state index contributed by atoms with van der Waals surface area (Å²) in [6.45, 7) is 0.792. The molecule has 1 unspecified atom stereocenters. The Morgan fingerprint density at radius 1 is 1.47 bits per heavy atom. The molecule has 2 N–H and O–H groups in total. The molecule has 0 radical (unpaired) electrons. The Hall–Kier alpha value is -0.870. The van der Waals surface area contributed by atoms with Gasteiger partial charge in [0, 0.05) is 10.9 Å². The van der Waals surface area contributed by atoms with Gasteiger partial charge in [-0.25, -0.2) is 0 Å². The lowest BCUT2D eigenvalue weighted by Crippen LogP contribution is -2.56. The Kier molecular flexibility index (Phi) is 3.84. The predicted octanol–water partition coefficient (Wildman–Crippen LogP) is 2.59. The lowest BCUT2D eigenvalue weighted by atomic mass is 9.83. The predicted molar refractivity (Wildman–Crippen MR) is 70.1 cm³/mol. The van der Waals surface area contributed by atoms with E-state index in [2.05, 4.69) is 21.2 Å². The van der Waals surface area contributed by atoms with Gasteiger partial charge in [0.05, 0.1) is 0 Å². The molecular weight excluding hydrogens is 282 g/mol. The maximum absolute atomic E-state index is 11.5. The SMILES string of the molecule is O=C(O)C1(Cc2cccc(Br)c2)CCCCN1. The van der Waals surface area contributed by atoms with Gasteiger partial charge in [-0.15, -0.1) is 0 Å². The summed E-state index contributed by atoms with van der Waals surface area (Å²) in [6.07, 6.45) is 3.29. The molecule has 0 spiro atoms. The van der Waals surface area contributed by atoms with Crippen LogP contribution in [-0.2, 0) is 11.2 Å². The number of carboxylic acid groups (broad SMARTS) is 1. The van der Waals surface area contributed by atoms with Crippen LogP contribution in [0.5, 0.6) is 0 Å². The van der Waals surface area contributed by atoms with Crippen molar-refractivity contribution in [3.63, 3.8) is 0 Å². The monoisotopic (exact) mass is 297 g/mol. The lowest BCUT2D eigenvalue weighted by molar-refractivity contribution is -0.146. The molecule has 1 aromatic rings. The third-order valence-corrected chi connectivity index (χ3v) is 3.79. The van der Waals surface area contributed by atoms with E-state index in [-0.39, 0.29) is 0 Å². The fourth-order valence-corrected chi connectivity index (χ4v) is 2.82. The summed E-state index contributed by atoms with van der Waals surface area (Å²) in [7, 11) is 0. The molecule has 1 saturated heterocycles. The third kappa shape index (κ3) is 2.87. The van der Waals surface area contributed by atoms with Gasteiger partial charge in [-0.1, -0.05) is 28.1 Å². The summed E-state index contributed by atoms with van der Waals surface area (Å²) in [5, 5.41) is 12.6. The van der Waals surface area contributed by atoms with Gasteiger partial charge in [0.1, 0.15) is 5.54 Å². The van der Waals surface area contributed by atoms with Crippen molar-refractivity contribution in [1.29, 1.82) is 0 Å². The van der Waals surface area contributed by atoms with E-state index in [1.807, 2.05) is 24.3 Å². The maximum atomic E-state index is 11.5. The molecule has 3 nitrogen and oxygen atoms in total. The van der Waals surface area contributed by atoms with Gasteiger partial charge in [-0.2, -0.15) is 0 Å². The zero-order valence-corrected chi connectivity index (χ0v) is 11.2. The second-order valence-electron chi connectivity index (χ2n) is 4.58. The number of hydrogen-bond acceptors (Lipinski definition) is 2. The molecule has 1 aliphatic heterocycles. The number of carboxylic acids is 1. The maximum Gasteiger partial charge on any atom is 0.324 e. The Labute approximate surface area is 109 Å². The number of rotatable bonds is 3. The van der Waals surface area contributed by atoms with Crippen LogP contribution in [0.1, 0.15) is 24.8 Å². The van der Waals surface area contributed by atoms with Gasteiger partial charge < -0.3 is 10.4 Å². The van der Waals surface area contributed by atoms with Gasteiger partial charge in [-0.05, 0) is 43.5 Å². The normalized spacial score (nSPS) is 24.5. The van der Waals surface area contributed by atoms with Gasteiger partial charge in [-0.3, -0.25) is 4.79 Å². The van der Waals surface area contributed by atoms with E-state index in [9.17, 15) is 9.90 Å². The van der Waals surface area contributed by atoms with Gasteiger partial charge in [0.25, 0.3) is 0 Å². The summed E-state index contributed by atoms with van der Waals surface area (Å²) in [4.78, 5) is 11.5. The molecule has 1 aromatic carbocycles. The molecule has 1 atom stereocenters. The van der Waals surface area contributed by atoms with Crippen LogP contribution in [0.25, 0.3) is 0 Å². The minimum atomic E-state index is -0.779. The van der Waals surface area contributed by atoms with Crippen molar-refractivity contribution in [2.24, 2.45) is 0 Å². The van der Waals surface area contributed by atoms with E-state index in [0.717, 1.165) is 29.4 Å². The fraction of sp³-hybridized carbons (Fsp3) is 0.462. The van der Waals surface area contributed by atoms with E-state index in [4.69, 9.17) is 0 Å². The first-order valence-electron chi connectivity index (χ1n) is 5.85. The zero-order valence-electron chi connectivity index (χ0n) is 9.58. The second kappa shape index (κ2) is 5.19. The summed E-state index contributed by atoms with van der Waals surface area (Å²) < 4.78 is 0.992. The first kappa shape index (κ1) is 12.6. The van der Waals surface area contributed by atoms with Gasteiger partial charge in [0.2, 0.25) is 0 Å². The number of hydrogen-bond donors (Lipinski definition) is 2. The van der Waals surface area contributed by atoms with Crippen molar-refractivity contribution < 1.29 is 9.90 Å². The van der Waals surface area contributed by atoms with Gasteiger partial charge >= 0.3 is 5.97 Å². The van der Waals surface area contributed by atoms with Gasteiger partial charge in [0.15, 0.2) is 0 Å². The quantitative estimate of drug-likeness (QED) is 0.902.